The van der Waals surface area contributed by atoms with Crippen LogP contribution in [-0.4, -0.2) is 29.6 Å². The number of quaternary nitrogens is 1. The van der Waals surface area contributed by atoms with E-state index in [9.17, 15) is 9.59 Å². The maximum atomic E-state index is 13.4. The number of hydroxylamine groups is 3. The van der Waals surface area contributed by atoms with E-state index in [4.69, 9.17) is 16.4 Å². The zero-order chi connectivity index (χ0) is 20.6. The van der Waals surface area contributed by atoms with Crippen LogP contribution < -0.4 is 0 Å². The fraction of sp³-hybridized carbons (Fsp3) is 0.167. The van der Waals surface area contributed by atoms with Crippen molar-refractivity contribution in [2.24, 2.45) is 0 Å². The number of hydrogen-bond acceptors (Lipinski definition) is 3. The maximum absolute atomic E-state index is 13.4. The first-order chi connectivity index (χ1) is 14.0. The SMILES string of the molecule is CO[N+]1([C@@H](C)[C@H](c2ccccc2)c2ccc(Cl)cc2)C(=O)c2ccccc2C1=O. The van der Waals surface area contributed by atoms with Gasteiger partial charge in [-0.2, -0.15) is 4.84 Å². The summed E-state index contributed by atoms with van der Waals surface area (Å²) < 4.78 is -0.707. The first-order valence-corrected chi connectivity index (χ1v) is 9.82. The monoisotopic (exact) mass is 406 g/mol. The fourth-order valence-electron chi connectivity index (χ4n) is 4.30. The van der Waals surface area contributed by atoms with Crippen molar-refractivity contribution in [2.75, 3.05) is 7.11 Å². The molecule has 1 heterocycles. The topological polar surface area (TPSA) is 43.4 Å². The minimum Gasteiger partial charge on any atom is -0.221 e. The molecule has 4 nitrogen and oxygen atoms in total. The molecule has 4 rings (SSSR count). The molecule has 2 amide bonds. The van der Waals surface area contributed by atoms with E-state index in [1.54, 1.807) is 24.3 Å². The quantitative estimate of drug-likeness (QED) is 0.430. The lowest BCUT2D eigenvalue weighted by Gasteiger charge is -2.35. The van der Waals surface area contributed by atoms with E-state index >= 15 is 0 Å². The second-order valence-corrected chi connectivity index (χ2v) is 7.61. The van der Waals surface area contributed by atoms with Gasteiger partial charge in [0.25, 0.3) is 0 Å². The molecule has 0 fully saturated rings. The maximum Gasteiger partial charge on any atom is 0.387 e. The number of amides is 2. The molecule has 1 aliphatic rings. The average molecular weight is 407 g/mol. The molecule has 0 N–H and O–H groups in total. The van der Waals surface area contributed by atoms with Crippen molar-refractivity contribution in [3.8, 4) is 0 Å². The lowest BCUT2D eigenvalue weighted by Crippen LogP contribution is -2.59. The molecule has 0 saturated heterocycles. The van der Waals surface area contributed by atoms with Gasteiger partial charge in [-0.1, -0.05) is 66.2 Å². The number of halogens is 1. The Labute approximate surface area is 174 Å². The molecule has 0 aliphatic carbocycles. The highest BCUT2D eigenvalue weighted by Gasteiger charge is 2.61. The normalized spacial score (nSPS) is 17.1. The summed E-state index contributed by atoms with van der Waals surface area (Å²) in [7, 11) is 1.42. The van der Waals surface area contributed by atoms with Crippen molar-refractivity contribution >= 4 is 23.4 Å². The summed E-state index contributed by atoms with van der Waals surface area (Å²) >= 11 is 6.09. The molecule has 3 aromatic carbocycles. The van der Waals surface area contributed by atoms with Crippen LogP contribution in [0.5, 0.6) is 0 Å². The Balaban J connectivity index is 1.88. The van der Waals surface area contributed by atoms with Gasteiger partial charge in [0.15, 0.2) is 0 Å². The minimum atomic E-state index is -0.707. The Morgan fingerprint density at radius 1 is 0.759 bits per heavy atom. The highest BCUT2D eigenvalue weighted by molar-refractivity contribution is 6.30. The Kier molecular flexibility index (Phi) is 5.09. The van der Waals surface area contributed by atoms with Gasteiger partial charge >= 0.3 is 11.8 Å². The summed E-state index contributed by atoms with van der Waals surface area (Å²) in [5.41, 5.74) is 2.75. The third-order valence-corrected chi connectivity index (χ3v) is 5.98. The second kappa shape index (κ2) is 7.56. The van der Waals surface area contributed by atoms with E-state index in [0.29, 0.717) is 16.1 Å². The molecule has 0 radical (unpaired) electrons. The van der Waals surface area contributed by atoms with Crippen LogP contribution in [0.15, 0.2) is 78.9 Å². The van der Waals surface area contributed by atoms with Crippen molar-refractivity contribution < 1.29 is 19.1 Å². The lowest BCUT2D eigenvalue weighted by atomic mass is 9.84. The Morgan fingerprint density at radius 3 is 1.76 bits per heavy atom. The van der Waals surface area contributed by atoms with Crippen LogP contribution in [-0.2, 0) is 4.84 Å². The molecule has 0 spiro atoms. The van der Waals surface area contributed by atoms with Crippen LogP contribution in [0.4, 0.5) is 0 Å². The third kappa shape index (κ3) is 3.01. The zero-order valence-corrected chi connectivity index (χ0v) is 17.0. The van der Waals surface area contributed by atoms with Crippen molar-refractivity contribution in [2.45, 2.75) is 18.9 Å². The molecular formula is C24H21ClNO3+. The minimum absolute atomic E-state index is 0.254. The van der Waals surface area contributed by atoms with Gasteiger partial charge in [0.05, 0.1) is 24.2 Å². The molecular weight excluding hydrogens is 386 g/mol. The Hall–Kier alpha value is -2.79. The van der Waals surface area contributed by atoms with Gasteiger partial charge in [-0.3, -0.25) is 0 Å². The largest absolute Gasteiger partial charge is 0.387 e. The van der Waals surface area contributed by atoms with Crippen molar-refractivity contribution in [1.29, 1.82) is 0 Å². The number of fused-ring (bicyclic) bond motifs is 1. The van der Waals surface area contributed by atoms with Gasteiger partial charge in [0.1, 0.15) is 6.04 Å². The smallest absolute Gasteiger partial charge is 0.221 e. The van der Waals surface area contributed by atoms with Gasteiger partial charge in [-0.15, -0.1) is 0 Å². The number of imide groups is 1. The summed E-state index contributed by atoms with van der Waals surface area (Å²) in [5.74, 6) is -0.929. The summed E-state index contributed by atoms with van der Waals surface area (Å²) in [6.07, 6.45) is 0. The molecule has 0 saturated carbocycles. The molecule has 3 aromatic rings. The molecule has 1 aliphatic heterocycles. The number of nitrogens with zero attached hydrogens (tertiary/aromatic N) is 1. The van der Waals surface area contributed by atoms with Crippen LogP contribution in [0, 0.1) is 0 Å². The number of carbonyl (C=O) groups is 2. The lowest BCUT2D eigenvalue weighted by molar-refractivity contribution is -0.986. The number of rotatable bonds is 5. The molecule has 0 bridgehead atoms. The Morgan fingerprint density at radius 2 is 1.24 bits per heavy atom. The highest BCUT2D eigenvalue weighted by Crippen LogP contribution is 2.41. The van der Waals surface area contributed by atoms with Crippen molar-refractivity contribution in [1.82, 2.24) is 0 Å². The highest BCUT2D eigenvalue weighted by atomic mass is 35.5. The van der Waals surface area contributed by atoms with Gasteiger partial charge in [-0.25, -0.2) is 9.59 Å². The fourth-order valence-corrected chi connectivity index (χ4v) is 4.42. The van der Waals surface area contributed by atoms with E-state index in [-0.39, 0.29) is 17.7 Å². The van der Waals surface area contributed by atoms with Gasteiger partial charge in [-0.05, 0) is 47.0 Å². The van der Waals surface area contributed by atoms with E-state index in [0.717, 1.165) is 11.1 Å². The summed E-state index contributed by atoms with van der Waals surface area (Å²) in [6.45, 7) is 1.89. The predicted molar refractivity (Wildman–Crippen MR) is 112 cm³/mol. The molecule has 0 unspecified atom stereocenters. The van der Waals surface area contributed by atoms with E-state index in [1.165, 1.54) is 7.11 Å². The van der Waals surface area contributed by atoms with Crippen LogP contribution >= 0.6 is 11.6 Å². The third-order valence-electron chi connectivity index (χ3n) is 5.72. The molecule has 146 valence electrons. The summed E-state index contributed by atoms with van der Waals surface area (Å²) in [4.78, 5) is 32.6. The molecule has 2 atom stereocenters. The number of benzene rings is 3. The van der Waals surface area contributed by atoms with E-state index in [1.807, 2.05) is 61.5 Å². The van der Waals surface area contributed by atoms with E-state index < -0.39 is 10.7 Å². The number of hydrogen-bond donors (Lipinski definition) is 0. The van der Waals surface area contributed by atoms with E-state index in [2.05, 4.69) is 0 Å². The van der Waals surface area contributed by atoms with Crippen LogP contribution in [0.25, 0.3) is 0 Å². The second-order valence-electron chi connectivity index (χ2n) is 7.18. The van der Waals surface area contributed by atoms with Crippen LogP contribution in [0.2, 0.25) is 5.02 Å². The van der Waals surface area contributed by atoms with Crippen molar-refractivity contribution in [3.05, 3.63) is 106 Å². The molecule has 5 heteroatoms. The average Bonchev–Trinajstić information content (AvgIpc) is 2.98. The van der Waals surface area contributed by atoms with Gasteiger partial charge in [0.2, 0.25) is 0 Å². The summed E-state index contributed by atoms with van der Waals surface area (Å²) in [5, 5.41) is 0.629. The van der Waals surface area contributed by atoms with Gasteiger partial charge in [0, 0.05) is 5.02 Å². The molecule has 0 aromatic heterocycles. The Bertz CT molecular complexity index is 1030. The summed E-state index contributed by atoms with van der Waals surface area (Å²) in [6, 6.07) is 23.7. The standard InChI is InChI=1S/C24H21ClNO3/c1-16(26(29-2)23(27)20-10-6-7-11-21(20)24(26)28)22(17-8-4-3-5-9-17)18-12-14-19(25)15-13-18/h3-16,22H,1-2H3/q+1/t16-,22+/m0/s1. The van der Waals surface area contributed by atoms with Gasteiger partial charge < -0.3 is 0 Å². The number of carbonyl (C=O) groups excluding carboxylic acids is 2. The predicted octanol–water partition coefficient (Wildman–Crippen LogP) is 5.23. The first-order valence-electron chi connectivity index (χ1n) is 9.44. The molecule has 29 heavy (non-hydrogen) atoms. The van der Waals surface area contributed by atoms with Crippen LogP contribution in [0.1, 0.15) is 44.7 Å². The first kappa shape index (κ1) is 19.5. The van der Waals surface area contributed by atoms with Crippen molar-refractivity contribution in [3.63, 3.8) is 0 Å². The van der Waals surface area contributed by atoms with Crippen LogP contribution in [0.3, 0.4) is 0 Å². The zero-order valence-electron chi connectivity index (χ0n) is 16.2.